The quantitative estimate of drug-likeness (QED) is 0.501. The van der Waals surface area contributed by atoms with Crippen LogP contribution < -0.4 is 0 Å². The Hall–Kier alpha value is -1.26. The summed E-state index contributed by atoms with van der Waals surface area (Å²) in [6, 6.07) is 0. The van der Waals surface area contributed by atoms with Gasteiger partial charge in [0.1, 0.15) is 0 Å². The van der Waals surface area contributed by atoms with Crippen molar-refractivity contribution in [3.63, 3.8) is 0 Å². The van der Waals surface area contributed by atoms with Gasteiger partial charge in [-0.25, -0.2) is 4.79 Å². The summed E-state index contributed by atoms with van der Waals surface area (Å²) in [4.78, 5) is 9.93. The Morgan fingerprint density at radius 2 is 1.64 bits per heavy atom. The highest BCUT2D eigenvalue weighted by Crippen LogP contribution is 2.28. The second kappa shape index (κ2) is 2.77. The third-order valence-corrected chi connectivity index (χ3v) is 0.965. The van der Waals surface area contributed by atoms with Gasteiger partial charge in [-0.15, -0.1) is 0 Å². The summed E-state index contributed by atoms with van der Waals surface area (Å²) in [5.74, 6) is -1.72. The number of carboxylic acid groups (broad SMARTS) is 1. The second-order valence-electron chi connectivity index (χ2n) is 1.76. The fraction of sp³-hybridized carbons (Fsp3) is 0.167. The molecule has 1 N–H and O–H groups in total. The van der Waals surface area contributed by atoms with Crippen LogP contribution in [0.2, 0.25) is 0 Å². The summed E-state index contributed by atoms with van der Waals surface area (Å²) in [6.45, 7) is 5.24. The Kier molecular flexibility index (Phi) is 2.46. The van der Waals surface area contributed by atoms with Gasteiger partial charge in [-0.1, -0.05) is 13.2 Å². The van der Waals surface area contributed by atoms with Gasteiger partial charge in [0.05, 0.1) is 11.1 Å². The molecule has 0 spiro atoms. The first-order valence-electron chi connectivity index (χ1n) is 2.45. The van der Waals surface area contributed by atoms with E-state index in [1.807, 2.05) is 0 Å². The highest BCUT2D eigenvalue weighted by atomic mass is 19.4. The van der Waals surface area contributed by atoms with Crippen LogP contribution in [0.15, 0.2) is 24.3 Å². The van der Waals surface area contributed by atoms with Gasteiger partial charge in [0, 0.05) is 0 Å². The fourth-order valence-corrected chi connectivity index (χ4v) is 0.300. The van der Waals surface area contributed by atoms with Crippen molar-refractivity contribution in [1.82, 2.24) is 0 Å². The molecule has 0 aliphatic heterocycles. The summed E-state index contributed by atoms with van der Waals surface area (Å²) in [6.07, 6.45) is -4.71. The van der Waals surface area contributed by atoms with Gasteiger partial charge >= 0.3 is 12.1 Å². The molecule has 0 saturated carbocycles. The molecule has 0 fully saturated rings. The van der Waals surface area contributed by atoms with E-state index in [-0.39, 0.29) is 0 Å². The molecule has 0 amide bonds. The van der Waals surface area contributed by atoms with Gasteiger partial charge in [-0.2, -0.15) is 13.2 Å². The van der Waals surface area contributed by atoms with Crippen molar-refractivity contribution < 1.29 is 23.1 Å². The Balaban J connectivity index is 4.53. The first kappa shape index (κ1) is 9.74. The van der Waals surface area contributed by atoms with Gasteiger partial charge in [-0.05, 0) is 0 Å². The third-order valence-electron chi connectivity index (χ3n) is 0.965. The van der Waals surface area contributed by atoms with Crippen molar-refractivity contribution in [2.75, 3.05) is 0 Å². The molecule has 0 bridgehead atoms. The fourth-order valence-electron chi connectivity index (χ4n) is 0.300. The highest BCUT2D eigenvalue weighted by molar-refractivity contribution is 5.91. The zero-order valence-electron chi connectivity index (χ0n) is 5.40. The molecule has 0 radical (unpaired) electrons. The highest BCUT2D eigenvalue weighted by Gasteiger charge is 2.35. The molecule has 5 heteroatoms. The lowest BCUT2D eigenvalue weighted by Gasteiger charge is -2.08. The zero-order chi connectivity index (χ0) is 9.23. The minimum Gasteiger partial charge on any atom is -0.478 e. The molecule has 11 heavy (non-hydrogen) atoms. The van der Waals surface area contributed by atoms with Gasteiger partial charge < -0.3 is 5.11 Å². The van der Waals surface area contributed by atoms with Crippen LogP contribution in [-0.4, -0.2) is 17.3 Å². The van der Waals surface area contributed by atoms with Crippen molar-refractivity contribution >= 4 is 5.97 Å². The summed E-state index contributed by atoms with van der Waals surface area (Å²) in [5.41, 5.74) is -2.46. The van der Waals surface area contributed by atoms with E-state index < -0.39 is 23.3 Å². The largest absolute Gasteiger partial charge is 0.478 e. The maximum absolute atomic E-state index is 11.6. The van der Waals surface area contributed by atoms with Gasteiger partial charge in [0.15, 0.2) is 0 Å². The van der Waals surface area contributed by atoms with Crippen LogP contribution in [0.5, 0.6) is 0 Å². The van der Waals surface area contributed by atoms with Gasteiger partial charge in [0.25, 0.3) is 0 Å². The van der Waals surface area contributed by atoms with Crippen molar-refractivity contribution in [2.45, 2.75) is 6.18 Å². The Morgan fingerprint density at radius 3 is 1.73 bits per heavy atom. The first-order chi connectivity index (χ1) is 4.76. The van der Waals surface area contributed by atoms with E-state index in [0.29, 0.717) is 0 Å². The van der Waals surface area contributed by atoms with Crippen LogP contribution in [-0.2, 0) is 4.79 Å². The lowest BCUT2D eigenvalue weighted by Crippen LogP contribution is -2.16. The Labute approximate surface area is 60.6 Å². The van der Waals surface area contributed by atoms with Crippen molar-refractivity contribution in [3.05, 3.63) is 24.3 Å². The van der Waals surface area contributed by atoms with E-state index in [4.69, 9.17) is 5.11 Å². The molecule has 0 unspecified atom stereocenters. The van der Waals surface area contributed by atoms with Crippen molar-refractivity contribution in [1.29, 1.82) is 0 Å². The summed E-state index contributed by atoms with van der Waals surface area (Å²) in [5, 5.41) is 8.06. The molecule has 0 atom stereocenters. The summed E-state index contributed by atoms with van der Waals surface area (Å²) >= 11 is 0. The van der Waals surface area contributed by atoms with Crippen LogP contribution in [0, 0.1) is 0 Å². The Morgan fingerprint density at radius 1 is 1.27 bits per heavy atom. The van der Waals surface area contributed by atoms with E-state index in [0.717, 1.165) is 0 Å². The lowest BCUT2D eigenvalue weighted by atomic mass is 10.1. The molecule has 0 aliphatic rings. The van der Waals surface area contributed by atoms with E-state index >= 15 is 0 Å². The van der Waals surface area contributed by atoms with Crippen LogP contribution in [0.3, 0.4) is 0 Å². The number of aliphatic carboxylic acids is 1. The average molecular weight is 166 g/mol. The van der Waals surface area contributed by atoms with E-state index in [1.54, 1.807) is 0 Å². The van der Waals surface area contributed by atoms with E-state index in [9.17, 15) is 18.0 Å². The molecule has 62 valence electrons. The number of hydrogen-bond donors (Lipinski definition) is 1. The van der Waals surface area contributed by atoms with Crippen LogP contribution in [0.1, 0.15) is 0 Å². The number of halogens is 3. The molecule has 0 saturated heterocycles. The number of carboxylic acids is 1. The maximum Gasteiger partial charge on any atom is 0.416 e. The number of hydrogen-bond acceptors (Lipinski definition) is 1. The predicted molar refractivity (Wildman–Crippen MR) is 32.0 cm³/mol. The van der Waals surface area contributed by atoms with Gasteiger partial charge in [0.2, 0.25) is 0 Å². The zero-order valence-corrected chi connectivity index (χ0v) is 5.40. The normalized spacial score (nSPS) is 10.8. The molecular formula is C6H5F3O2. The third kappa shape index (κ3) is 2.45. The molecule has 0 heterocycles. The SMILES string of the molecule is C=C(C(=C)C(F)(F)F)C(=O)O. The van der Waals surface area contributed by atoms with Crippen molar-refractivity contribution in [3.8, 4) is 0 Å². The molecule has 2 nitrogen and oxygen atoms in total. The van der Waals surface area contributed by atoms with E-state index in [1.165, 1.54) is 0 Å². The predicted octanol–water partition coefficient (Wildman–Crippen LogP) is 1.75. The summed E-state index contributed by atoms with van der Waals surface area (Å²) in [7, 11) is 0. The molecule has 0 aliphatic carbocycles. The van der Waals surface area contributed by atoms with Crippen LogP contribution in [0.4, 0.5) is 13.2 Å². The number of alkyl halides is 3. The topological polar surface area (TPSA) is 37.3 Å². The molecule has 0 aromatic heterocycles. The molecular weight excluding hydrogens is 161 g/mol. The monoisotopic (exact) mass is 166 g/mol. The molecule has 0 rings (SSSR count). The summed E-state index contributed by atoms with van der Waals surface area (Å²) < 4.78 is 34.9. The lowest BCUT2D eigenvalue weighted by molar-refractivity contribution is -0.134. The Bertz CT molecular complexity index is 214. The van der Waals surface area contributed by atoms with Crippen LogP contribution in [0.25, 0.3) is 0 Å². The van der Waals surface area contributed by atoms with Crippen LogP contribution >= 0.6 is 0 Å². The minimum absolute atomic E-state index is 1.03. The van der Waals surface area contributed by atoms with Gasteiger partial charge in [-0.3, -0.25) is 0 Å². The average Bonchev–Trinajstić information content (AvgIpc) is 1.82. The van der Waals surface area contributed by atoms with E-state index in [2.05, 4.69) is 13.2 Å². The number of rotatable bonds is 2. The second-order valence-corrected chi connectivity index (χ2v) is 1.76. The minimum atomic E-state index is -4.71. The smallest absolute Gasteiger partial charge is 0.416 e. The maximum atomic E-state index is 11.6. The molecule has 0 aromatic carbocycles. The standard InChI is InChI=1S/C6H5F3O2/c1-3(5(10)11)4(2)6(7,8)9/h1-2H2,(H,10,11). The molecule has 0 aromatic rings. The first-order valence-corrected chi connectivity index (χ1v) is 2.45. The number of carbonyl (C=O) groups is 1. The van der Waals surface area contributed by atoms with Crippen molar-refractivity contribution in [2.24, 2.45) is 0 Å².